The van der Waals surface area contributed by atoms with Crippen molar-refractivity contribution in [2.75, 3.05) is 5.84 Å². The van der Waals surface area contributed by atoms with Crippen LogP contribution in [0.3, 0.4) is 0 Å². The number of halogens is 1. The van der Waals surface area contributed by atoms with E-state index in [4.69, 9.17) is 5.84 Å². The molecule has 22 heavy (non-hydrogen) atoms. The number of nitrogens with two attached hydrogens (primary N) is 1. The van der Waals surface area contributed by atoms with Crippen LogP contribution in [0.2, 0.25) is 0 Å². The van der Waals surface area contributed by atoms with Gasteiger partial charge in [-0.1, -0.05) is 63.6 Å². The van der Waals surface area contributed by atoms with E-state index in [-0.39, 0.29) is 0 Å². The number of rotatable bonds is 4. The number of nitrogens with zero attached hydrogens (tertiary/aromatic N) is 3. The molecule has 0 unspecified atom stereocenters. The number of thioether (sulfide) groups is 1. The zero-order chi connectivity index (χ0) is 15.5. The Morgan fingerprint density at radius 3 is 2.64 bits per heavy atom. The molecule has 0 aliphatic rings. The third-order valence-electron chi connectivity index (χ3n) is 3.22. The molecule has 0 saturated carbocycles. The van der Waals surface area contributed by atoms with Crippen LogP contribution in [-0.2, 0) is 5.75 Å². The first-order valence-electron chi connectivity index (χ1n) is 6.78. The van der Waals surface area contributed by atoms with E-state index in [2.05, 4.69) is 44.3 Å². The lowest BCUT2D eigenvalue weighted by Crippen LogP contribution is -2.11. The number of nitrogen functional groups attached to an aromatic ring is 1. The van der Waals surface area contributed by atoms with Crippen molar-refractivity contribution in [2.24, 2.45) is 0 Å². The minimum atomic E-state index is 0.682. The maximum Gasteiger partial charge on any atom is 0.210 e. The third-order valence-corrected chi connectivity index (χ3v) is 4.76. The number of hydrogen-bond donors (Lipinski definition) is 1. The fourth-order valence-corrected chi connectivity index (χ4v) is 3.16. The van der Waals surface area contributed by atoms with Crippen molar-refractivity contribution in [3.05, 3.63) is 64.1 Å². The molecule has 0 atom stereocenters. The third kappa shape index (κ3) is 3.34. The van der Waals surface area contributed by atoms with Crippen molar-refractivity contribution in [3.8, 4) is 11.4 Å². The van der Waals surface area contributed by atoms with E-state index in [1.165, 1.54) is 11.1 Å². The van der Waals surface area contributed by atoms with Crippen molar-refractivity contribution >= 4 is 27.7 Å². The minimum Gasteiger partial charge on any atom is -0.335 e. The van der Waals surface area contributed by atoms with Gasteiger partial charge in [0.15, 0.2) is 5.82 Å². The zero-order valence-corrected chi connectivity index (χ0v) is 14.4. The number of benzene rings is 2. The standard InChI is InChI=1S/C16H15BrN4S/c1-11-3-2-4-13(9-11)15-19-20-16(21(15)18)22-10-12-5-7-14(17)8-6-12/h2-9H,10,18H2,1H3. The minimum absolute atomic E-state index is 0.682. The first kappa shape index (κ1) is 15.1. The van der Waals surface area contributed by atoms with Crippen LogP contribution in [-0.4, -0.2) is 14.9 Å². The fraction of sp³-hybridized carbons (Fsp3) is 0.125. The molecule has 2 N–H and O–H groups in total. The van der Waals surface area contributed by atoms with Crippen LogP contribution in [0.4, 0.5) is 0 Å². The average Bonchev–Trinajstić information content (AvgIpc) is 2.88. The Kier molecular flexibility index (Phi) is 4.49. The molecule has 0 saturated heterocycles. The first-order chi connectivity index (χ1) is 10.6. The maximum absolute atomic E-state index is 6.14. The number of hydrogen-bond acceptors (Lipinski definition) is 4. The second kappa shape index (κ2) is 6.54. The smallest absolute Gasteiger partial charge is 0.210 e. The molecule has 3 aromatic rings. The molecule has 0 fully saturated rings. The van der Waals surface area contributed by atoms with E-state index >= 15 is 0 Å². The summed E-state index contributed by atoms with van der Waals surface area (Å²) in [6.45, 7) is 2.05. The molecule has 0 radical (unpaired) electrons. The van der Waals surface area contributed by atoms with Gasteiger partial charge < -0.3 is 5.84 Å². The van der Waals surface area contributed by atoms with Crippen LogP contribution in [0.25, 0.3) is 11.4 Å². The lowest BCUT2D eigenvalue weighted by molar-refractivity contribution is 0.849. The number of aryl methyl sites for hydroxylation is 1. The molecule has 0 spiro atoms. The Labute approximate surface area is 141 Å². The molecule has 1 aromatic heterocycles. The topological polar surface area (TPSA) is 56.7 Å². The van der Waals surface area contributed by atoms with E-state index < -0.39 is 0 Å². The molecule has 112 valence electrons. The summed E-state index contributed by atoms with van der Waals surface area (Å²) in [6.07, 6.45) is 0. The summed E-state index contributed by atoms with van der Waals surface area (Å²) >= 11 is 5.01. The lowest BCUT2D eigenvalue weighted by Gasteiger charge is -2.04. The van der Waals surface area contributed by atoms with Crippen LogP contribution >= 0.6 is 27.7 Å². The normalized spacial score (nSPS) is 10.8. The van der Waals surface area contributed by atoms with Crippen LogP contribution in [0.15, 0.2) is 58.2 Å². The lowest BCUT2D eigenvalue weighted by atomic mass is 10.1. The van der Waals surface area contributed by atoms with Gasteiger partial charge in [-0.25, -0.2) is 4.68 Å². The Morgan fingerprint density at radius 2 is 1.91 bits per heavy atom. The Bertz CT molecular complexity index is 783. The predicted molar refractivity (Wildman–Crippen MR) is 94.0 cm³/mol. The van der Waals surface area contributed by atoms with E-state index in [1.54, 1.807) is 16.4 Å². The molecule has 0 amide bonds. The predicted octanol–water partition coefficient (Wildman–Crippen LogP) is 4.02. The molecule has 2 aromatic carbocycles. The van der Waals surface area contributed by atoms with Gasteiger partial charge in [-0.05, 0) is 30.7 Å². The summed E-state index contributed by atoms with van der Waals surface area (Å²) in [7, 11) is 0. The highest BCUT2D eigenvalue weighted by Crippen LogP contribution is 2.25. The first-order valence-corrected chi connectivity index (χ1v) is 8.56. The zero-order valence-electron chi connectivity index (χ0n) is 12.0. The summed E-state index contributed by atoms with van der Waals surface area (Å²) in [6, 6.07) is 16.3. The van der Waals surface area contributed by atoms with Gasteiger partial charge in [0.25, 0.3) is 0 Å². The molecular weight excluding hydrogens is 360 g/mol. The van der Waals surface area contributed by atoms with Gasteiger partial charge in [0.2, 0.25) is 5.16 Å². The summed E-state index contributed by atoms with van der Waals surface area (Å²) < 4.78 is 2.63. The van der Waals surface area contributed by atoms with Gasteiger partial charge in [-0.15, -0.1) is 10.2 Å². The monoisotopic (exact) mass is 374 g/mol. The highest BCUT2D eigenvalue weighted by Gasteiger charge is 2.12. The van der Waals surface area contributed by atoms with Crippen LogP contribution in [0, 0.1) is 6.92 Å². The largest absolute Gasteiger partial charge is 0.335 e. The molecule has 0 aliphatic heterocycles. The van der Waals surface area contributed by atoms with Crippen molar-refractivity contribution in [2.45, 2.75) is 17.8 Å². The van der Waals surface area contributed by atoms with E-state index in [0.29, 0.717) is 11.0 Å². The Balaban J connectivity index is 1.77. The van der Waals surface area contributed by atoms with Crippen molar-refractivity contribution in [3.63, 3.8) is 0 Å². The molecule has 0 aliphatic carbocycles. The second-order valence-electron chi connectivity index (χ2n) is 4.96. The van der Waals surface area contributed by atoms with E-state index in [0.717, 1.165) is 15.8 Å². The Morgan fingerprint density at radius 1 is 1.14 bits per heavy atom. The number of aromatic nitrogens is 3. The summed E-state index contributed by atoms with van der Waals surface area (Å²) in [4.78, 5) is 0. The SMILES string of the molecule is Cc1cccc(-c2nnc(SCc3ccc(Br)cc3)n2N)c1. The molecule has 1 heterocycles. The highest BCUT2D eigenvalue weighted by molar-refractivity contribution is 9.10. The van der Waals surface area contributed by atoms with Gasteiger partial charge in [0.05, 0.1) is 0 Å². The molecule has 4 nitrogen and oxygen atoms in total. The summed E-state index contributed by atoms with van der Waals surface area (Å²) in [5.74, 6) is 7.62. The van der Waals surface area contributed by atoms with Gasteiger partial charge in [-0.3, -0.25) is 0 Å². The summed E-state index contributed by atoms with van der Waals surface area (Å²) in [5, 5.41) is 9.12. The average molecular weight is 375 g/mol. The van der Waals surface area contributed by atoms with E-state index in [9.17, 15) is 0 Å². The van der Waals surface area contributed by atoms with Gasteiger partial charge >= 0.3 is 0 Å². The molecule has 3 rings (SSSR count). The van der Waals surface area contributed by atoms with Crippen LogP contribution < -0.4 is 5.84 Å². The molecular formula is C16H15BrN4S. The van der Waals surface area contributed by atoms with Gasteiger partial charge in [-0.2, -0.15) is 0 Å². The van der Waals surface area contributed by atoms with Gasteiger partial charge in [0, 0.05) is 15.8 Å². The molecule has 0 bridgehead atoms. The molecule has 6 heteroatoms. The quantitative estimate of drug-likeness (QED) is 0.553. The van der Waals surface area contributed by atoms with Crippen LogP contribution in [0.5, 0.6) is 0 Å². The van der Waals surface area contributed by atoms with Crippen LogP contribution in [0.1, 0.15) is 11.1 Å². The fourth-order valence-electron chi connectivity index (χ4n) is 2.08. The van der Waals surface area contributed by atoms with Crippen molar-refractivity contribution < 1.29 is 0 Å². The highest BCUT2D eigenvalue weighted by atomic mass is 79.9. The van der Waals surface area contributed by atoms with Gasteiger partial charge in [0.1, 0.15) is 0 Å². The summed E-state index contributed by atoms with van der Waals surface area (Å²) in [5.41, 5.74) is 3.36. The second-order valence-corrected chi connectivity index (χ2v) is 6.82. The van der Waals surface area contributed by atoms with E-state index in [1.807, 2.05) is 37.3 Å². The van der Waals surface area contributed by atoms with Crippen molar-refractivity contribution in [1.82, 2.24) is 14.9 Å². The van der Waals surface area contributed by atoms with Crippen molar-refractivity contribution in [1.29, 1.82) is 0 Å². The maximum atomic E-state index is 6.14. The Hall–Kier alpha value is -1.79.